The lowest BCUT2D eigenvalue weighted by molar-refractivity contribution is 0.102. The highest BCUT2D eigenvalue weighted by atomic mass is 16.1. The molecule has 0 atom stereocenters. The van der Waals surface area contributed by atoms with Crippen LogP contribution in [-0.4, -0.2) is 20.5 Å². The number of nitrogens with two attached hydrogens (primary N) is 1. The standard InChI is InChI=1S/C13H11N5O/c14-9-3-1-4-10(7-9)16-13(19)11-5-2-6-18-8-15-17-12(11)18/h1-8H,14H2,(H,16,19). The van der Waals surface area contributed by atoms with E-state index in [0.717, 1.165) is 0 Å². The number of hydrogen-bond donors (Lipinski definition) is 2. The molecule has 0 aliphatic heterocycles. The summed E-state index contributed by atoms with van der Waals surface area (Å²) >= 11 is 0. The minimum Gasteiger partial charge on any atom is -0.399 e. The van der Waals surface area contributed by atoms with Crippen LogP contribution in [0.15, 0.2) is 48.9 Å². The van der Waals surface area contributed by atoms with E-state index in [2.05, 4.69) is 15.5 Å². The number of hydrogen-bond acceptors (Lipinski definition) is 4. The first-order valence-electron chi connectivity index (χ1n) is 5.69. The summed E-state index contributed by atoms with van der Waals surface area (Å²) in [5.74, 6) is -0.246. The fourth-order valence-corrected chi connectivity index (χ4v) is 1.84. The summed E-state index contributed by atoms with van der Waals surface area (Å²) in [5, 5.41) is 10.5. The number of nitrogens with zero attached hydrogens (tertiary/aromatic N) is 3. The predicted molar refractivity (Wildman–Crippen MR) is 71.8 cm³/mol. The number of benzene rings is 1. The number of carbonyl (C=O) groups is 1. The largest absolute Gasteiger partial charge is 0.399 e. The first kappa shape index (κ1) is 11.2. The Labute approximate surface area is 108 Å². The molecule has 94 valence electrons. The molecule has 0 bridgehead atoms. The second-order valence-corrected chi connectivity index (χ2v) is 4.06. The summed E-state index contributed by atoms with van der Waals surface area (Å²) in [7, 11) is 0. The van der Waals surface area contributed by atoms with Crippen LogP contribution in [0.2, 0.25) is 0 Å². The van der Waals surface area contributed by atoms with Gasteiger partial charge in [0.05, 0.1) is 5.56 Å². The molecule has 3 aromatic rings. The molecule has 3 N–H and O–H groups in total. The van der Waals surface area contributed by atoms with E-state index in [-0.39, 0.29) is 5.91 Å². The Bertz CT molecular complexity index is 749. The number of amides is 1. The lowest BCUT2D eigenvalue weighted by atomic mass is 10.2. The first-order valence-corrected chi connectivity index (χ1v) is 5.69. The molecule has 1 aromatic carbocycles. The Balaban J connectivity index is 1.94. The van der Waals surface area contributed by atoms with Crippen LogP contribution in [0.3, 0.4) is 0 Å². The molecule has 0 saturated carbocycles. The molecule has 0 radical (unpaired) electrons. The van der Waals surface area contributed by atoms with Gasteiger partial charge in [-0.15, -0.1) is 10.2 Å². The number of aromatic nitrogens is 3. The van der Waals surface area contributed by atoms with E-state index in [1.54, 1.807) is 53.3 Å². The smallest absolute Gasteiger partial charge is 0.259 e. The summed E-state index contributed by atoms with van der Waals surface area (Å²) in [5.41, 5.74) is 7.89. The molecule has 0 aliphatic carbocycles. The maximum Gasteiger partial charge on any atom is 0.259 e. The first-order chi connectivity index (χ1) is 9.24. The molecular weight excluding hydrogens is 242 g/mol. The number of rotatable bonds is 2. The fraction of sp³-hybridized carbons (Fsp3) is 0. The Morgan fingerprint density at radius 1 is 1.26 bits per heavy atom. The number of pyridine rings is 1. The molecule has 0 spiro atoms. The second-order valence-electron chi connectivity index (χ2n) is 4.06. The minimum absolute atomic E-state index is 0.246. The van der Waals surface area contributed by atoms with Crippen molar-refractivity contribution in [2.45, 2.75) is 0 Å². The van der Waals surface area contributed by atoms with E-state index in [0.29, 0.717) is 22.6 Å². The average Bonchev–Trinajstić information content (AvgIpc) is 2.86. The van der Waals surface area contributed by atoms with Gasteiger partial charge in [-0.25, -0.2) is 0 Å². The Kier molecular flexibility index (Phi) is 2.60. The molecule has 19 heavy (non-hydrogen) atoms. The third-order valence-electron chi connectivity index (χ3n) is 2.71. The maximum atomic E-state index is 12.2. The Morgan fingerprint density at radius 3 is 3.00 bits per heavy atom. The quantitative estimate of drug-likeness (QED) is 0.679. The van der Waals surface area contributed by atoms with Gasteiger partial charge in [-0.3, -0.25) is 9.20 Å². The van der Waals surface area contributed by atoms with Crippen LogP contribution < -0.4 is 11.1 Å². The van der Waals surface area contributed by atoms with Crippen molar-refractivity contribution in [3.05, 3.63) is 54.5 Å². The summed E-state index contributed by atoms with van der Waals surface area (Å²) in [6.07, 6.45) is 3.33. The highest BCUT2D eigenvalue weighted by Crippen LogP contribution is 2.14. The topological polar surface area (TPSA) is 85.3 Å². The van der Waals surface area contributed by atoms with Gasteiger partial charge in [-0.1, -0.05) is 6.07 Å². The van der Waals surface area contributed by atoms with Gasteiger partial charge in [0, 0.05) is 17.6 Å². The van der Waals surface area contributed by atoms with Gasteiger partial charge < -0.3 is 11.1 Å². The number of carbonyl (C=O) groups excluding carboxylic acids is 1. The molecule has 0 fully saturated rings. The van der Waals surface area contributed by atoms with Crippen LogP contribution in [0.1, 0.15) is 10.4 Å². The van der Waals surface area contributed by atoms with Crippen molar-refractivity contribution >= 4 is 22.9 Å². The van der Waals surface area contributed by atoms with Crippen LogP contribution in [0, 0.1) is 0 Å². The fourth-order valence-electron chi connectivity index (χ4n) is 1.84. The molecule has 6 heteroatoms. The zero-order valence-corrected chi connectivity index (χ0v) is 9.95. The SMILES string of the molecule is Nc1cccc(NC(=O)c2cccn3cnnc23)c1. The summed E-state index contributed by atoms with van der Waals surface area (Å²) < 4.78 is 1.69. The third kappa shape index (κ3) is 2.11. The van der Waals surface area contributed by atoms with Crippen LogP contribution >= 0.6 is 0 Å². The average molecular weight is 253 g/mol. The van der Waals surface area contributed by atoms with E-state index in [1.165, 1.54) is 0 Å². The van der Waals surface area contributed by atoms with Crippen molar-refractivity contribution in [2.24, 2.45) is 0 Å². The third-order valence-corrected chi connectivity index (χ3v) is 2.71. The number of anilines is 2. The van der Waals surface area contributed by atoms with E-state index in [9.17, 15) is 4.79 Å². The number of nitrogens with one attached hydrogen (secondary N) is 1. The normalized spacial score (nSPS) is 10.5. The Hall–Kier alpha value is -2.89. The van der Waals surface area contributed by atoms with Crippen molar-refractivity contribution < 1.29 is 4.79 Å². The van der Waals surface area contributed by atoms with Crippen LogP contribution in [0.5, 0.6) is 0 Å². The zero-order valence-electron chi connectivity index (χ0n) is 9.95. The van der Waals surface area contributed by atoms with Crippen molar-refractivity contribution in [1.82, 2.24) is 14.6 Å². The summed E-state index contributed by atoms with van der Waals surface area (Å²) in [6.45, 7) is 0. The van der Waals surface area contributed by atoms with E-state index >= 15 is 0 Å². The van der Waals surface area contributed by atoms with Crippen molar-refractivity contribution in [3.8, 4) is 0 Å². The minimum atomic E-state index is -0.246. The maximum absolute atomic E-state index is 12.2. The molecule has 1 amide bonds. The lowest BCUT2D eigenvalue weighted by Crippen LogP contribution is -2.13. The monoisotopic (exact) mass is 253 g/mol. The van der Waals surface area contributed by atoms with E-state index in [1.807, 2.05) is 0 Å². The molecule has 0 saturated heterocycles. The summed E-state index contributed by atoms with van der Waals surface area (Å²) in [4.78, 5) is 12.2. The van der Waals surface area contributed by atoms with Gasteiger partial charge in [0.2, 0.25) is 0 Å². The van der Waals surface area contributed by atoms with Gasteiger partial charge in [-0.05, 0) is 30.3 Å². The molecule has 0 aliphatic rings. The highest BCUT2D eigenvalue weighted by Gasteiger charge is 2.12. The van der Waals surface area contributed by atoms with Crippen LogP contribution in [0.25, 0.3) is 5.65 Å². The number of fused-ring (bicyclic) bond motifs is 1. The Morgan fingerprint density at radius 2 is 2.16 bits per heavy atom. The van der Waals surface area contributed by atoms with Crippen molar-refractivity contribution in [3.63, 3.8) is 0 Å². The molecule has 6 nitrogen and oxygen atoms in total. The van der Waals surface area contributed by atoms with Crippen LogP contribution in [0.4, 0.5) is 11.4 Å². The zero-order chi connectivity index (χ0) is 13.2. The lowest BCUT2D eigenvalue weighted by Gasteiger charge is -2.06. The van der Waals surface area contributed by atoms with Gasteiger partial charge in [-0.2, -0.15) is 0 Å². The van der Waals surface area contributed by atoms with Gasteiger partial charge in [0.1, 0.15) is 6.33 Å². The molecule has 3 rings (SSSR count). The van der Waals surface area contributed by atoms with Gasteiger partial charge in [0.15, 0.2) is 5.65 Å². The molecular formula is C13H11N5O. The summed E-state index contributed by atoms with van der Waals surface area (Å²) in [6, 6.07) is 10.5. The van der Waals surface area contributed by atoms with Gasteiger partial charge in [0.25, 0.3) is 5.91 Å². The van der Waals surface area contributed by atoms with Crippen molar-refractivity contribution in [1.29, 1.82) is 0 Å². The van der Waals surface area contributed by atoms with Crippen molar-refractivity contribution in [2.75, 3.05) is 11.1 Å². The molecule has 2 aromatic heterocycles. The molecule has 0 unspecified atom stereocenters. The van der Waals surface area contributed by atoms with Crippen LogP contribution in [-0.2, 0) is 0 Å². The predicted octanol–water partition coefficient (Wildman–Crippen LogP) is 1.56. The highest BCUT2D eigenvalue weighted by molar-refractivity contribution is 6.08. The number of nitrogen functional groups attached to an aromatic ring is 1. The van der Waals surface area contributed by atoms with Gasteiger partial charge >= 0.3 is 0 Å². The second kappa shape index (κ2) is 4.41. The van der Waals surface area contributed by atoms with E-state index in [4.69, 9.17) is 5.73 Å². The van der Waals surface area contributed by atoms with E-state index < -0.39 is 0 Å². The molecule has 2 heterocycles.